The van der Waals surface area contributed by atoms with Crippen LogP contribution in [-0.2, 0) is 6.54 Å². The van der Waals surface area contributed by atoms with Gasteiger partial charge in [0.1, 0.15) is 0 Å². The second-order valence-corrected chi connectivity index (χ2v) is 4.85. The van der Waals surface area contributed by atoms with Crippen LogP contribution in [0.4, 0.5) is 0 Å². The first-order valence-electron chi connectivity index (χ1n) is 6.94. The Morgan fingerprint density at radius 2 is 2.00 bits per heavy atom. The van der Waals surface area contributed by atoms with Crippen LogP contribution in [0, 0.1) is 0 Å². The number of hydrogen-bond donors (Lipinski definition) is 1. The van der Waals surface area contributed by atoms with Gasteiger partial charge in [-0.25, -0.2) is 14.2 Å². The molecule has 3 aromatic rings. The van der Waals surface area contributed by atoms with Gasteiger partial charge in [0.05, 0.1) is 17.4 Å². The molecule has 0 aliphatic carbocycles. The molecule has 0 saturated carbocycles. The first-order chi connectivity index (χ1) is 9.74. The first kappa shape index (κ1) is 12.9. The van der Waals surface area contributed by atoms with E-state index in [1.54, 1.807) is 10.6 Å². The molecule has 2 heterocycles. The minimum absolute atomic E-state index is 0.127. The second-order valence-electron chi connectivity index (χ2n) is 4.85. The Morgan fingerprint density at radius 1 is 1.25 bits per heavy atom. The second kappa shape index (κ2) is 5.09. The van der Waals surface area contributed by atoms with E-state index in [1.807, 2.05) is 24.3 Å². The Labute approximate surface area is 116 Å². The molecule has 5 nitrogen and oxygen atoms in total. The first-order valence-corrected chi connectivity index (χ1v) is 6.94. The van der Waals surface area contributed by atoms with E-state index in [2.05, 4.69) is 28.7 Å². The van der Waals surface area contributed by atoms with Gasteiger partial charge in [-0.3, -0.25) is 4.90 Å². The van der Waals surface area contributed by atoms with Crippen LogP contribution in [0.3, 0.4) is 0 Å². The van der Waals surface area contributed by atoms with Crippen molar-refractivity contribution in [1.82, 2.24) is 19.3 Å². The predicted molar refractivity (Wildman–Crippen MR) is 79.9 cm³/mol. The van der Waals surface area contributed by atoms with Gasteiger partial charge in [-0.2, -0.15) is 0 Å². The Balaban J connectivity index is 2.22. The summed E-state index contributed by atoms with van der Waals surface area (Å²) in [5.74, 6) is 0. The Morgan fingerprint density at radius 3 is 2.75 bits per heavy atom. The van der Waals surface area contributed by atoms with Crippen molar-refractivity contribution in [2.45, 2.75) is 20.4 Å². The van der Waals surface area contributed by atoms with Crippen LogP contribution < -0.4 is 5.69 Å². The molecule has 0 radical (unpaired) electrons. The minimum Gasteiger partial charge on any atom is -0.306 e. The van der Waals surface area contributed by atoms with Crippen molar-refractivity contribution >= 4 is 16.6 Å². The smallest absolute Gasteiger partial charge is 0.306 e. The van der Waals surface area contributed by atoms with E-state index in [4.69, 9.17) is 0 Å². The number of benzene rings is 1. The Kier molecular flexibility index (Phi) is 3.28. The van der Waals surface area contributed by atoms with Crippen molar-refractivity contribution < 1.29 is 0 Å². The number of para-hydroxylation sites is 1. The van der Waals surface area contributed by atoms with Crippen molar-refractivity contribution in [3.8, 4) is 0 Å². The minimum atomic E-state index is -0.127. The molecule has 3 rings (SSSR count). The van der Waals surface area contributed by atoms with Gasteiger partial charge in [-0.05, 0) is 25.2 Å². The highest BCUT2D eigenvalue weighted by Crippen LogP contribution is 2.16. The Bertz CT molecular complexity index is 798. The van der Waals surface area contributed by atoms with Crippen molar-refractivity contribution in [2.24, 2.45) is 0 Å². The lowest BCUT2D eigenvalue weighted by Crippen LogP contribution is -2.26. The van der Waals surface area contributed by atoms with Gasteiger partial charge in [0.2, 0.25) is 0 Å². The highest BCUT2D eigenvalue weighted by atomic mass is 16.1. The summed E-state index contributed by atoms with van der Waals surface area (Å²) in [6.07, 6.45) is 1.80. The van der Waals surface area contributed by atoms with Gasteiger partial charge in [0, 0.05) is 11.9 Å². The van der Waals surface area contributed by atoms with Crippen LogP contribution in [0.2, 0.25) is 0 Å². The summed E-state index contributed by atoms with van der Waals surface area (Å²) in [5, 5.41) is 0.970. The molecule has 104 valence electrons. The van der Waals surface area contributed by atoms with Crippen LogP contribution in [-0.4, -0.2) is 32.4 Å². The van der Waals surface area contributed by atoms with E-state index < -0.39 is 0 Å². The summed E-state index contributed by atoms with van der Waals surface area (Å²) in [6, 6.07) is 7.75. The summed E-state index contributed by atoms with van der Waals surface area (Å²) in [7, 11) is 0. The van der Waals surface area contributed by atoms with Crippen LogP contribution in [0.15, 0.2) is 35.3 Å². The fourth-order valence-corrected chi connectivity index (χ4v) is 2.55. The molecule has 0 fully saturated rings. The number of aromatic amines is 1. The van der Waals surface area contributed by atoms with Crippen molar-refractivity contribution in [1.29, 1.82) is 0 Å². The molecule has 0 bridgehead atoms. The summed E-state index contributed by atoms with van der Waals surface area (Å²) >= 11 is 0. The maximum absolute atomic E-state index is 12.3. The molecule has 0 aliphatic rings. The SMILES string of the molecule is CCN(CC)Cc1cnc2c3ccccc3[nH]c(=O)n12. The number of hydrogen-bond acceptors (Lipinski definition) is 3. The molecule has 0 spiro atoms. The quantitative estimate of drug-likeness (QED) is 0.789. The number of nitrogens with one attached hydrogen (secondary N) is 1. The zero-order chi connectivity index (χ0) is 14.1. The van der Waals surface area contributed by atoms with Gasteiger partial charge in [0.25, 0.3) is 0 Å². The van der Waals surface area contributed by atoms with E-state index >= 15 is 0 Å². The molecule has 0 saturated heterocycles. The third kappa shape index (κ3) is 2.00. The van der Waals surface area contributed by atoms with Gasteiger partial charge in [-0.15, -0.1) is 0 Å². The van der Waals surface area contributed by atoms with Crippen LogP contribution >= 0.6 is 0 Å². The number of fused-ring (bicyclic) bond motifs is 3. The number of imidazole rings is 1. The fourth-order valence-electron chi connectivity index (χ4n) is 2.55. The summed E-state index contributed by atoms with van der Waals surface area (Å²) in [4.78, 5) is 21.9. The maximum atomic E-state index is 12.3. The molecule has 0 aliphatic heterocycles. The third-order valence-corrected chi connectivity index (χ3v) is 3.73. The average Bonchev–Trinajstić information content (AvgIpc) is 2.89. The van der Waals surface area contributed by atoms with Gasteiger partial charge < -0.3 is 4.98 Å². The zero-order valence-electron chi connectivity index (χ0n) is 11.8. The van der Waals surface area contributed by atoms with E-state index in [0.29, 0.717) is 0 Å². The predicted octanol–water partition coefficient (Wildman–Crippen LogP) is 2.02. The summed E-state index contributed by atoms with van der Waals surface area (Å²) in [6.45, 7) is 6.87. The molecular weight excluding hydrogens is 252 g/mol. The van der Waals surface area contributed by atoms with Crippen molar-refractivity contribution in [2.75, 3.05) is 13.1 Å². The van der Waals surface area contributed by atoms with E-state index in [9.17, 15) is 4.79 Å². The molecule has 0 atom stereocenters. The highest BCUT2D eigenvalue weighted by Gasteiger charge is 2.12. The Hall–Kier alpha value is -2.14. The normalized spacial score (nSPS) is 11.8. The molecule has 5 heteroatoms. The number of nitrogens with zero attached hydrogens (tertiary/aromatic N) is 3. The summed E-state index contributed by atoms with van der Waals surface area (Å²) < 4.78 is 1.68. The average molecular weight is 270 g/mol. The topological polar surface area (TPSA) is 53.4 Å². The molecular formula is C15H18N4O. The third-order valence-electron chi connectivity index (χ3n) is 3.73. The lowest BCUT2D eigenvalue weighted by molar-refractivity contribution is 0.291. The fraction of sp³-hybridized carbons (Fsp3) is 0.333. The monoisotopic (exact) mass is 270 g/mol. The van der Waals surface area contributed by atoms with Crippen LogP contribution in [0.1, 0.15) is 19.5 Å². The highest BCUT2D eigenvalue weighted by molar-refractivity contribution is 5.91. The van der Waals surface area contributed by atoms with Crippen LogP contribution in [0.25, 0.3) is 16.6 Å². The number of H-pyrrole nitrogens is 1. The van der Waals surface area contributed by atoms with E-state index in [-0.39, 0.29) is 5.69 Å². The molecule has 1 aromatic carbocycles. The summed E-state index contributed by atoms with van der Waals surface area (Å²) in [5.41, 5.74) is 2.35. The standard InChI is InChI=1S/C15H18N4O/c1-3-18(4-2)10-11-9-16-14-12-7-5-6-8-13(12)17-15(20)19(11)14/h5-9H,3-4,10H2,1-2H3,(H,17,20). The molecule has 1 N–H and O–H groups in total. The van der Waals surface area contributed by atoms with E-state index in [0.717, 1.165) is 41.9 Å². The molecule has 2 aromatic heterocycles. The van der Waals surface area contributed by atoms with E-state index in [1.165, 1.54) is 0 Å². The largest absolute Gasteiger partial charge is 0.332 e. The molecule has 0 amide bonds. The maximum Gasteiger partial charge on any atom is 0.332 e. The molecule has 20 heavy (non-hydrogen) atoms. The number of aromatic nitrogens is 3. The van der Waals surface area contributed by atoms with Crippen molar-refractivity contribution in [3.05, 3.63) is 46.6 Å². The van der Waals surface area contributed by atoms with Crippen molar-refractivity contribution in [3.63, 3.8) is 0 Å². The lowest BCUT2D eigenvalue weighted by atomic mass is 10.2. The molecule has 0 unspecified atom stereocenters. The van der Waals surface area contributed by atoms with Gasteiger partial charge >= 0.3 is 5.69 Å². The number of rotatable bonds is 4. The lowest BCUT2D eigenvalue weighted by Gasteiger charge is -2.17. The van der Waals surface area contributed by atoms with Crippen LogP contribution in [0.5, 0.6) is 0 Å². The zero-order valence-corrected chi connectivity index (χ0v) is 11.8. The van der Waals surface area contributed by atoms with Gasteiger partial charge in [-0.1, -0.05) is 26.0 Å². The van der Waals surface area contributed by atoms with Gasteiger partial charge in [0.15, 0.2) is 5.65 Å².